The molecule has 0 bridgehead atoms. The second-order valence-corrected chi connectivity index (χ2v) is 6.06. The van der Waals surface area contributed by atoms with Crippen molar-refractivity contribution < 1.29 is 23.2 Å². The van der Waals surface area contributed by atoms with E-state index in [2.05, 4.69) is 10.1 Å². The van der Waals surface area contributed by atoms with Gasteiger partial charge in [0.1, 0.15) is 6.26 Å². The van der Waals surface area contributed by atoms with Gasteiger partial charge in [-0.25, -0.2) is 0 Å². The molecule has 1 amide bonds. The molecule has 0 saturated carbocycles. The largest absolute Gasteiger partial charge is 0.490 e. The predicted molar refractivity (Wildman–Crippen MR) is 89.3 cm³/mol. The minimum absolute atomic E-state index is 0.0113. The van der Waals surface area contributed by atoms with Crippen molar-refractivity contribution >= 4 is 5.91 Å². The Labute approximate surface area is 149 Å². The van der Waals surface area contributed by atoms with Crippen molar-refractivity contribution in [1.82, 2.24) is 15.0 Å². The third kappa shape index (κ3) is 3.93. The van der Waals surface area contributed by atoms with E-state index in [1.807, 2.05) is 0 Å². The highest BCUT2D eigenvalue weighted by molar-refractivity contribution is 5.91. The molecule has 3 rings (SSSR count). The first-order valence-corrected chi connectivity index (χ1v) is 8.40. The lowest BCUT2D eigenvalue weighted by molar-refractivity contribution is 0.0660. The Morgan fingerprint density at radius 3 is 3.00 bits per heavy atom. The number of piperidine rings is 1. The topological polar surface area (TPSA) is 108 Å². The molecule has 2 aromatic heterocycles. The Hall–Kier alpha value is -2.68. The second kappa shape index (κ2) is 8.13. The van der Waals surface area contributed by atoms with E-state index in [-0.39, 0.29) is 23.3 Å². The number of carbonyl (C=O) groups is 1. The molecule has 3 heterocycles. The third-order valence-corrected chi connectivity index (χ3v) is 4.30. The van der Waals surface area contributed by atoms with Crippen molar-refractivity contribution in [3.63, 3.8) is 0 Å². The van der Waals surface area contributed by atoms with E-state index in [0.29, 0.717) is 37.8 Å². The number of rotatable bonds is 6. The van der Waals surface area contributed by atoms with Crippen LogP contribution in [0.2, 0.25) is 0 Å². The normalized spacial score (nSPS) is 17.3. The van der Waals surface area contributed by atoms with Crippen LogP contribution in [0.1, 0.15) is 41.0 Å². The number of hydrogen-bond donors (Lipinski definition) is 0. The molecule has 9 nitrogen and oxygen atoms in total. The zero-order valence-corrected chi connectivity index (χ0v) is 14.8. The van der Waals surface area contributed by atoms with Crippen molar-refractivity contribution in [2.24, 2.45) is 0 Å². The number of carbonyl (C=O) groups excluding carboxylic acids is 1. The van der Waals surface area contributed by atoms with Gasteiger partial charge in [0.15, 0.2) is 11.6 Å². The van der Waals surface area contributed by atoms with E-state index >= 15 is 0 Å². The summed E-state index contributed by atoms with van der Waals surface area (Å²) in [5.74, 6) is 0.779. The first kappa shape index (κ1) is 18.1. The Morgan fingerprint density at radius 2 is 2.27 bits per heavy atom. The summed E-state index contributed by atoms with van der Waals surface area (Å²) >= 11 is 0. The SMILES string of the molecule is COCCc1noc([C@H]2CCCN(C(=O)c3cc(=O)c(OC)co3)C2)n1. The zero-order chi connectivity index (χ0) is 18.5. The van der Waals surface area contributed by atoms with Crippen LogP contribution in [0.4, 0.5) is 0 Å². The van der Waals surface area contributed by atoms with Crippen LogP contribution in [0.3, 0.4) is 0 Å². The standard InChI is InChI=1S/C17H21N3O6/c1-23-7-5-15-18-16(26-19-15)11-4-3-6-20(9-11)17(22)13-8-12(21)14(24-2)10-25-13/h8,10-11H,3-7,9H2,1-2H3/t11-/m0/s1. The van der Waals surface area contributed by atoms with Gasteiger partial charge < -0.3 is 23.3 Å². The molecule has 1 aliphatic heterocycles. The number of likely N-dealkylation sites (tertiary alicyclic amines) is 1. The summed E-state index contributed by atoms with van der Waals surface area (Å²) in [6.07, 6.45) is 3.37. The smallest absolute Gasteiger partial charge is 0.289 e. The first-order valence-electron chi connectivity index (χ1n) is 8.40. The van der Waals surface area contributed by atoms with Gasteiger partial charge in [-0.2, -0.15) is 4.98 Å². The van der Waals surface area contributed by atoms with Gasteiger partial charge in [0.2, 0.25) is 17.1 Å². The van der Waals surface area contributed by atoms with Crippen LogP contribution in [0.5, 0.6) is 5.75 Å². The summed E-state index contributed by atoms with van der Waals surface area (Å²) in [5.41, 5.74) is -0.393. The Kier molecular flexibility index (Phi) is 5.67. The minimum Gasteiger partial charge on any atom is -0.490 e. The van der Waals surface area contributed by atoms with Gasteiger partial charge in [-0.1, -0.05) is 5.16 Å². The highest BCUT2D eigenvalue weighted by atomic mass is 16.5. The third-order valence-electron chi connectivity index (χ3n) is 4.30. The Balaban J connectivity index is 1.69. The summed E-state index contributed by atoms with van der Waals surface area (Å²) < 4.78 is 20.5. The lowest BCUT2D eigenvalue weighted by Gasteiger charge is -2.30. The molecule has 9 heteroatoms. The maximum atomic E-state index is 12.6. The van der Waals surface area contributed by atoms with E-state index in [0.717, 1.165) is 25.2 Å². The Bertz CT molecular complexity index is 815. The molecule has 0 N–H and O–H groups in total. The lowest BCUT2D eigenvalue weighted by Crippen LogP contribution is -2.39. The van der Waals surface area contributed by atoms with Gasteiger partial charge in [-0.3, -0.25) is 9.59 Å². The number of nitrogens with zero attached hydrogens (tertiary/aromatic N) is 3. The lowest BCUT2D eigenvalue weighted by atomic mass is 9.97. The summed E-state index contributed by atoms with van der Waals surface area (Å²) in [5, 5.41) is 3.94. The van der Waals surface area contributed by atoms with E-state index in [4.69, 9.17) is 18.4 Å². The first-order chi connectivity index (χ1) is 12.6. The Morgan fingerprint density at radius 1 is 1.42 bits per heavy atom. The summed E-state index contributed by atoms with van der Waals surface area (Å²) in [6.45, 7) is 1.53. The zero-order valence-electron chi connectivity index (χ0n) is 14.8. The van der Waals surface area contributed by atoms with Crippen LogP contribution < -0.4 is 10.2 Å². The molecule has 1 saturated heterocycles. The van der Waals surface area contributed by atoms with Gasteiger partial charge in [0.05, 0.1) is 19.6 Å². The van der Waals surface area contributed by atoms with Gasteiger partial charge >= 0.3 is 0 Å². The average Bonchev–Trinajstić information content (AvgIpc) is 3.15. The monoisotopic (exact) mass is 363 g/mol. The van der Waals surface area contributed by atoms with Crippen molar-refractivity contribution in [2.75, 3.05) is 33.9 Å². The quantitative estimate of drug-likeness (QED) is 0.754. The molecule has 2 aromatic rings. The molecule has 26 heavy (non-hydrogen) atoms. The van der Waals surface area contributed by atoms with Crippen LogP contribution >= 0.6 is 0 Å². The van der Waals surface area contributed by atoms with Gasteiger partial charge in [0.25, 0.3) is 5.91 Å². The fourth-order valence-electron chi connectivity index (χ4n) is 2.91. The molecule has 0 aliphatic carbocycles. The fourth-order valence-corrected chi connectivity index (χ4v) is 2.91. The molecule has 0 aromatic carbocycles. The van der Waals surface area contributed by atoms with Crippen LogP contribution in [0, 0.1) is 0 Å². The number of hydrogen-bond acceptors (Lipinski definition) is 8. The number of amides is 1. The molecule has 140 valence electrons. The molecule has 0 spiro atoms. The van der Waals surface area contributed by atoms with Crippen molar-refractivity contribution in [3.8, 4) is 5.75 Å². The van der Waals surface area contributed by atoms with E-state index in [1.54, 1.807) is 12.0 Å². The highest BCUT2D eigenvalue weighted by Gasteiger charge is 2.30. The molecule has 0 unspecified atom stereocenters. The van der Waals surface area contributed by atoms with Crippen LogP contribution in [-0.4, -0.2) is 54.9 Å². The number of aromatic nitrogens is 2. The molecule has 0 radical (unpaired) electrons. The van der Waals surface area contributed by atoms with Gasteiger partial charge in [0, 0.05) is 32.7 Å². The molecule has 1 aliphatic rings. The van der Waals surface area contributed by atoms with Crippen LogP contribution in [-0.2, 0) is 11.2 Å². The number of methoxy groups -OCH3 is 2. The maximum Gasteiger partial charge on any atom is 0.289 e. The highest BCUT2D eigenvalue weighted by Crippen LogP contribution is 2.26. The van der Waals surface area contributed by atoms with Crippen molar-refractivity contribution in [3.05, 3.63) is 40.0 Å². The van der Waals surface area contributed by atoms with E-state index in [9.17, 15) is 9.59 Å². The van der Waals surface area contributed by atoms with Gasteiger partial charge in [-0.05, 0) is 12.8 Å². The minimum atomic E-state index is -0.393. The average molecular weight is 363 g/mol. The maximum absolute atomic E-state index is 12.6. The number of ether oxygens (including phenoxy) is 2. The van der Waals surface area contributed by atoms with Crippen LogP contribution in [0.15, 0.2) is 26.1 Å². The van der Waals surface area contributed by atoms with E-state index in [1.165, 1.54) is 7.11 Å². The molecule has 1 fully saturated rings. The fraction of sp³-hybridized carbons (Fsp3) is 0.529. The summed E-state index contributed by atoms with van der Waals surface area (Å²) in [6, 6.07) is 1.15. The van der Waals surface area contributed by atoms with Crippen LogP contribution in [0.25, 0.3) is 0 Å². The van der Waals surface area contributed by atoms with E-state index < -0.39 is 5.43 Å². The van der Waals surface area contributed by atoms with Gasteiger partial charge in [-0.15, -0.1) is 0 Å². The molecule has 1 atom stereocenters. The molecular formula is C17H21N3O6. The summed E-state index contributed by atoms with van der Waals surface area (Å²) in [7, 11) is 2.98. The molecular weight excluding hydrogens is 342 g/mol. The predicted octanol–water partition coefficient (Wildman–Crippen LogP) is 1.24. The van der Waals surface area contributed by atoms with Crippen molar-refractivity contribution in [1.29, 1.82) is 0 Å². The van der Waals surface area contributed by atoms with Crippen molar-refractivity contribution in [2.45, 2.75) is 25.2 Å². The second-order valence-electron chi connectivity index (χ2n) is 6.06. The summed E-state index contributed by atoms with van der Waals surface area (Å²) in [4.78, 5) is 30.5.